The number of urea groups is 1. The molecule has 5 nitrogen and oxygen atoms in total. The van der Waals surface area contributed by atoms with Gasteiger partial charge in [0, 0.05) is 32.5 Å². The number of halogens is 1. The predicted octanol–water partition coefficient (Wildman–Crippen LogP) is 0.962. The zero-order valence-corrected chi connectivity index (χ0v) is 10.1. The van der Waals surface area contributed by atoms with Crippen LogP contribution in [0.5, 0.6) is 0 Å². The number of hydrogen-bond acceptors (Lipinski definition) is 3. The Bertz CT molecular complexity index is 252. The molecule has 16 heavy (non-hydrogen) atoms. The number of amides is 3. The molecule has 0 aliphatic carbocycles. The molecule has 1 rings (SSSR count). The highest BCUT2D eigenvalue weighted by Gasteiger charge is 2.23. The van der Waals surface area contributed by atoms with Crippen molar-refractivity contribution in [2.75, 3.05) is 26.1 Å². The minimum absolute atomic E-state index is 0.168. The molecule has 0 aromatic carbocycles. The molecule has 0 aromatic heterocycles. The highest BCUT2D eigenvalue weighted by atomic mass is 35.5. The number of rotatable bonds is 3. The summed E-state index contributed by atoms with van der Waals surface area (Å²) in [4.78, 5) is 24.4. The smallest absolute Gasteiger partial charge is 0.324 e. The van der Waals surface area contributed by atoms with E-state index >= 15 is 0 Å². The number of hydrogen-bond donors (Lipinski definition) is 1. The molecule has 0 saturated carbocycles. The van der Waals surface area contributed by atoms with Crippen LogP contribution in [0.2, 0.25) is 0 Å². The second kappa shape index (κ2) is 6.70. The SMILES string of the molecule is COC1CCN(C(=O)NC(=O)CCCl)CC1. The van der Waals surface area contributed by atoms with Crippen LogP contribution in [0.15, 0.2) is 0 Å². The summed E-state index contributed by atoms with van der Waals surface area (Å²) >= 11 is 5.40. The van der Waals surface area contributed by atoms with Gasteiger partial charge in [-0.05, 0) is 12.8 Å². The number of methoxy groups -OCH3 is 1. The van der Waals surface area contributed by atoms with Gasteiger partial charge in [-0.1, -0.05) is 0 Å². The van der Waals surface area contributed by atoms with Gasteiger partial charge in [-0.15, -0.1) is 11.6 Å². The van der Waals surface area contributed by atoms with Crippen LogP contribution >= 0.6 is 11.6 Å². The quantitative estimate of drug-likeness (QED) is 0.757. The van der Waals surface area contributed by atoms with Crippen LogP contribution in [-0.2, 0) is 9.53 Å². The minimum Gasteiger partial charge on any atom is -0.381 e. The summed E-state index contributed by atoms with van der Waals surface area (Å²) in [5.74, 6) is -0.0981. The molecule has 3 amide bonds. The third-order valence-corrected chi connectivity index (χ3v) is 2.82. The molecule has 1 saturated heterocycles. The van der Waals surface area contributed by atoms with Gasteiger partial charge in [0.05, 0.1) is 6.10 Å². The van der Waals surface area contributed by atoms with E-state index in [1.165, 1.54) is 0 Å². The lowest BCUT2D eigenvalue weighted by atomic mass is 10.1. The van der Waals surface area contributed by atoms with Crippen molar-refractivity contribution < 1.29 is 14.3 Å². The number of nitrogens with one attached hydrogen (secondary N) is 1. The molecule has 1 N–H and O–H groups in total. The molecule has 0 bridgehead atoms. The first-order valence-electron chi connectivity index (χ1n) is 5.35. The lowest BCUT2D eigenvalue weighted by Gasteiger charge is -2.30. The van der Waals surface area contributed by atoms with Gasteiger partial charge < -0.3 is 9.64 Å². The van der Waals surface area contributed by atoms with E-state index < -0.39 is 0 Å². The molecule has 92 valence electrons. The lowest BCUT2D eigenvalue weighted by molar-refractivity contribution is -0.119. The zero-order chi connectivity index (χ0) is 12.0. The summed E-state index contributed by atoms with van der Waals surface area (Å²) in [6.07, 6.45) is 2.02. The van der Waals surface area contributed by atoms with Gasteiger partial charge in [0.15, 0.2) is 0 Å². The number of carbonyl (C=O) groups excluding carboxylic acids is 2. The third-order valence-electron chi connectivity index (χ3n) is 2.63. The predicted molar refractivity (Wildman–Crippen MR) is 60.5 cm³/mol. The lowest BCUT2D eigenvalue weighted by Crippen LogP contribution is -2.47. The molecule has 0 aromatic rings. The second-order valence-corrected chi connectivity index (χ2v) is 4.09. The number of likely N-dealkylation sites (tertiary alicyclic amines) is 1. The van der Waals surface area contributed by atoms with Crippen LogP contribution in [0, 0.1) is 0 Å². The molecule has 0 unspecified atom stereocenters. The molecule has 6 heteroatoms. The van der Waals surface area contributed by atoms with Crippen molar-refractivity contribution >= 4 is 23.5 Å². The van der Waals surface area contributed by atoms with Crippen molar-refractivity contribution in [3.63, 3.8) is 0 Å². The largest absolute Gasteiger partial charge is 0.381 e. The van der Waals surface area contributed by atoms with E-state index in [0.717, 1.165) is 12.8 Å². The van der Waals surface area contributed by atoms with Crippen LogP contribution < -0.4 is 5.32 Å². The number of piperidine rings is 1. The summed E-state index contributed by atoms with van der Waals surface area (Å²) in [5.41, 5.74) is 0. The maximum atomic E-state index is 11.6. The Kier molecular flexibility index (Phi) is 5.55. The number of carbonyl (C=O) groups is 2. The number of ether oxygens (including phenoxy) is 1. The van der Waals surface area contributed by atoms with Crippen molar-refractivity contribution in [2.45, 2.75) is 25.4 Å². The first kappa shape index (κ1) is 13.3. The molecule has 1 aliphatic rings. The fourth-order valence-corrected chi connectivity index (χ4v) is 1.81. The fraction of sp³-hybridized carbons (Fsp3) is 0.800. The fourth-order valence-electron chi connectivity index (χ4n) is 1.64. The Morgan fingerprint density at radius 3 is 2.56 bits per heavy atom. The zero-order valence-electron chi connectivity index (χ0n) is 9.37. The van der Waals surface area contributed by atoms with E-state index in [0.29, 0.717) is 13.1 Å². The molecule has 1 heterocycles. The van der Waals surface area contributed by atoms with E-state index in [-0.39, 0.29) is 30.3 Å². The van der Waals surface area contributed by atoms with Crippen LogP contribution in [0.1, 0.15) is 19.3 Å². The summed E-state index contributed by atoms with van der Waals surface area (Å²) in [5, 5.41) is 2.31. The average molecular weight is 249 g/mol. The summed E-state index contributed by atoms with van der Waals surface area (Å²) < 4.78 is 5.20. The number of imide groups is 1. The summed E-state index contributed by atoms with van der Waals surface area (Å²) in [6, 6.07) is -0.329. The van der Waals surface area contributed by atoms with Crippen LogP contribution in [0.25, 0.3) is 0 Å². The van der Waals surface area contributed by atoms with Crippen molar-refractivity contribution in [2.24, 2.45) is 0 Å². The summed E-state index contributed by atoms with van der Waals surface area (Å²) in [7, 11) is 1.67. The maximum absolute atomic E-state index is 11.6. The van der Waals surface area contributed by atoms with E-state index in [1.807, 2.05) is 0 Å². The minimum atomic E-state index is -0.329. The van der Waals surface area contributed by atoms with E-state index in [2.05, 4.69) is 5.32 Å². The molecule has 1 fully saturated rings. The van der Waals surface area contributed by atoms with Crippen molar-refractivity contribution in [3.05, 3.63) is 0 Å². The molecule has 0 atom stereocenters. The van der Waals surface area contributed by atoms with E-state index in [9.17, 15) is 9.59 Å². The molecular formula is C10H17ClN2O3. The highest BCUT2D eigenvalue weighted by molar-refractivity contribution is 6.19. The molecule has 0 spiro atoms. The topological polar surface area (TPSA) is 58.6 Å². The van der Waals surface area contributed by atoms with Crippen LogP contribution in [0.3, 0.4) is 0 Å². The normalized spacial score (nSPS) is 17.2. The standard InChI is InChI=1S/C10H17ClN2O3/c1-16-8-3-6-13(7-4-8)10(15)12-9(14)2-5-11/h8H,2-7H2,1H3,(H,12,14,15). The molecular weight excluding hydrogens is 232 g/mol. The Hall–Kier alpha value is -0.810. The van der Waals surface area contributed by atoms with Gasteiger partial charge in [0.1, 0.15) is 0 Å². The molecule has 1 aliphatic heterocycles. The van der Waals surface area contributed by atoms with E-state index in [1.54, 1.807) is 12.0 Å². The van der Waals surface area contributed by atoms with Crippen LogP contribution in [-0.4, -0.2) is 49.0 Å². The van der Waals surface area contributed by atoms with E-state index in [4.69, 9.17) is 16.3 Å². The van der Waals surface area contributed by atoms with Crippen molar-refractivity contribution in [1.29, 1.82) is 0 Å². The van der Waals surface area contributed by atoms with Crippen molar-refractivity contribution in [1.82, 2.24) is 10.2 Å². The summed E-state index contributed by atoms with van der Waals surface area (Å²) in [6.45, 7) is 1.25. The first-order chi connectivity index (χ1) is 7.67. The molecule has 0 radical (unpaired) electrons. The van der Waals surface area contributed by atoms with Gasteiger partial charge in [-0.3, -0.25) is 10.1 Å². The monoisotopic (exact) mass is 248 g/mol. The Morgan fingerprint density at radius 2 is 2.06 bits per heavy atom. The Labute approximate surface area is 100 Å². The Balaban J connectivity index is 2.30. The van der Waals surface area contributed by atoms with Gasteiger partial charge in [-0.25, -0.2) is 4.79 Å². The third kappa shape index (κ3) is 3.98. The Morgan fingerprint density at radius 1 is 1.44 bits per heavy atom. The number of nitrogens with zero attached hydrogens (tertiary/aromatic N) is 1. The second-order valence-electron chi connectivity index (χ2n) is 3.71. The highest BCUT2D eigenvalue weighted by Crippen LogP contribution is 2.12. The van der Waals surface area contributed by atoms with Gasteiger partial charge in [0.25, 0.3) is 0 Å². The van der Waals surface area contributed by atoms with Gasteiger partial charge in [0.2, 0.25) is 5.91 Å². The van der Waals surface area contributed by atoms with Crippen molar-refractivity contribution in [3.8, 4) is 0 Å². The maximum Gasteiger partial charge on any atom is 0.324 e. The number of alkyl halides is 1. The first-order valence-corrected chi connectivity index (χ1v) is 5.88. The van der Waals surface area contributed by atoms with Gasteiger partial charge >= 0.3 is 6.03 Å². The average Bonchev–Trinajstić information content (AvgIpc) is 2.29. The van der Waals surface area contributed by atoms with Gasteiger partial charge in [-0.2, -0.15) is 0 Å². The van der Waals surface area contributed by atoms with Crippen LogP contribution in [0.4, 0.5) is 4.79 Å².